The Kier molecular flexibility index (Phi) is 6.77. The minimum absolute atomic E-state index is 0.0650. The van der Waals surface area contributed by atoms with Gasteiger partial charge >= 0.3 is 5.97 Å². The van der Waals surface area contributed by atoms with Crippen molar-refractivity contribution in [3.63, 3.8) is 0 Å². The van der Waals surface area contributed by atoms with Gasteiger partial charge in [0, 0.05) is 5.56 Å². The van der Waals surface area contributed by atoms with Gasteiger partial charge in [-0.1, -0.05) is 23.2 Å². The molecule has 0 unspecified atom stereocenters. The normalized spacial score (nSPS) is 11.3. The molecule has 0 saturated heterocycles. The standard InChI is InChI=1S/C14H14Cl2FNO4/c1-4-21-6-8(14(20)22-5-2)11(19)9-7(3)10(17)13(16)18-12(9)15/h6H,4-5H2,1-3H3. The molecule has 0 N–H and O–H groups in total. The zero-order valence-corrected chi connectivity index (χ0v) is 13.7. The third-order valence-electron chi connectivity index (χ3n) is 2.62. The number of carbonyl (C=O) groups is 2. The summed E-state index contributed by atoms with van der Waals surface area (Å²) in [5, 5.41) is -0.758. The summed E-state index contributed by atoms with van der Waals surface area (Å²) in [5.41, 5.74) is -0.776. The van der Waals surface area contributed by atoms with Gasteiger partial charge in [-0.05, 0) is 20.8 Å². The molecule has 0 saturated carbocycles. The Morgan fingerprint density at radius 3 is 2.41 bits per heavy atom. The lowest BCUT2D eigenvalue weighted by molar-refractivity contribution is -0.138. The molecule has 1 aromatic heterocycles. The van der Waals surface area contributed by atoms with E-state index in [1.165, 1.54) is 6.92 Å². The molecular formula is C14H14Cl2FNO4. The average Bonchev–Trinajstić information content (AvgIpc) is 2.45. The Bertz CT molecular complexity index is 632. The van der Waals surface area contributed by atoms with Gasteiger partial charge in [-0.2, -0.15) is 0 Å². The molecule has 1 aromatic rings. The topological polar surface area (TPSA) is 65.5 Å². The lowest BCUT2D eigenvalue weighted by atomic mass is 10.0. The first-order chi connectivity index (χ1) is 10.3. The quantitative estimate of drug-likeness (QED) is 0.149. The summed E-state index contributed by atoms with van der Waals surface area (Å²) >= 11 is 11.4. The van der Waals surface area contributed by atoms with Gasteiger partial charge in [0.25, 0.3) is 0 Å². The van der Waals surface area contributed by atoms with E-state index in [2.05, 4.69) is 4.98 Å². The molecule has 0 aliphatic rings. The summed E-state index contributed by atoms with van der Waals surface area (Å²) in [6.45, 7) is 4.87. The van der Waals surface area contributed by atoms with Crippen LogP contribution in [0.5, 0.6) is 0 Å². The van der Waals surface area contributed by atoms with E-state index in [0.717, 1.165) is 6.26 Å². The molecule has 8 heteroatoms. The molecule has 0 amide bonds. The molecule has 120 valence electrons. The SMILES string of the molecule is CCOC=C(C(=O)OCC)C(=O)c1c(Cl)nc(Cl)c(F)c1C. The molecule has 0 aliphatic heterocycles. The maximum Gasteiger partial charge on any atom is 0.345 e. The first-order valence-corrected chi connectivity index (χ1v) is 7.15. The molecule has 0 bridgehead atoms. The molecule has 5 nitrogen and oxygen atoms in total. The van der Waals surface area contributed by atoms with Crippen LogP contribution in [0.2, 0.25) is 10.3 Å². The maximum absolute atomic E-state index is 13.8. The highest BCUT2D eigenvalue weighted by atomic mass is 35.5. The molecule has 1 rings (SSSR count). The Morgan fingerprint density at radius 2 is 1.86 bits per heavy atom. The summed E-state index contributed by atoms with van der Waals surface area (Å²) in [7, 11) is 0. The third-order valence-corrected chi connectivity index (χ3v) is 3.15. The van der Waals surface area contributed by atoms with E-state index >= 15 is 0 Å². The Hall–Kier alpha value is -1.66. The second-order valence-electron chi connectivity index (χ2n) is 4.04. The first-order valence-electron chi connectivity index (χ1n) is 6.39. The summed E-state index contributed by atoms with van der Waals surface area (Å²) in [4.78, 5) is 27.9. The van der Waals surface area contributed by atoms with Crippen LogP contribution >= 0.6 is 23.2 Å². The molecular weight excluding hydrogens is 336 g/mol. The lowest BCUT2D eigenvalue weighted by Crippen LogP contribution is -2.19. The van der Waals surface area contributed by atoms with Crippen molar-refractivity contribution < 1.29 is 23.5 Å². The highest BCUT2D eigenvalue weighted by Crippen LogP contribution is 2.27. The molecule has 0 spiro atoms. The van der Waals surface area contributed by atoms with Gasteiger partial charge in [0.05, 0.1) is 18.8 Å². The second-order valence-corrected chi connectivity index (χ2v) is 4.76. The number of aromatic nitrogens is 1. The van der Waals surface area contributed by atoms with Gasteiger partial charge in [0.15, 0.2) is 11.0 Å². The van der Waals surface area contributed by atoms with Crippen molar-refractivity contribution in [2.45, 2.75) is 20.8 Å². The van der Waals surface area contributed by atoms with Gasteiger partial charge in [-0.15, -0.1) is 0 Å². The van der Waals surface area contributed by atoms with E-state index in [9.17, 15) is 14.0 Å². The Balaban J connectivity index is 3.37. The van der Waals surface area contributed by atoms with E-state index in [0.29, 0.717) is 0 Å². The van der Waals surface area contributed by atoms with Crippen LogP contribution in [0.3, 0.4) is 0 Å². The Labute approximate surface area is 137 Å². The van der Waals surface area contributed by atoms with Crippen LogP contribution in [0.4, 0.5) is 4.39 Å². The molecule has 0 aliphatic carbocycles. The predicted octanol–water partition coefficient (Wildman–Crippen LogP) is 3.50. The molecule has 22 heavy (non-hydrogen) atoms. The highest BCUT2D eigenvalue weighted by molar-refractivity contribution is 6.37. The van der Waals surface area contributed by atoms with Crippen molar-refractivity contribution in [2.75, 3.05) is 13.2 Å². The average molecular weight is 350 g/mol. The van der Waals surface area contributed by atoms with Gasteiger partial charge in [-0.25, -0.2) is 14.2 Å². The highest BCUT2D eigenvalue weighted by Gasteiger charge is 2.28. The van der Waals surface area contributed by atoms with Crippen LogP contribution in [0.15, 0.2) is 11.8 Å². The zero-order valence-electron chi connectivity index (χ0n) is 12.2. The number of Topliss-reactive ketones (excluding diaryl/α,β-unsaturated/α-hetero) is 1. The van der Waals surface area contributed by atoms with Crippen LogP contribution in [-0.4, -0.2) is 30.0 Å². The molecule has 0 fully saturated rings. The second kappa shape index (κ2) is 8.10. The number of ether oxygens (including phenoxy) is 2. The monoisotopic (exact) mass is 349 g/mol. The van der Waals surface area contributed by atoms with Crippen molar-refractivity contribution in [3.05, 3.63) is 39.1 Å². The molecule has 1 heterocycles. The van der Waals surface area contributed by atoms with Crippen LogP contribution in [0.1, 0.15) is 29.8 Å². The van der Waals surface area contributed by atoms with Crippen LogP contribution in [0.25, 0.3) is 0 Å². The summed E-state index contributed by atoms with van der Waals surface area (Å²) in [6.07, 6.45) is 0.961. The minimum Gasteiger partial charge on any atom is -0.500 e. The van der Waals surface area contributed by atoms with Gasteiger partial charge < -0.3 is 9.47 Å². The fourth-order valence-corrected chi connectivity index (χ4v) is 2.16. The van der Waals surface area contributed by atoms with Gasteiger partial charge in [-0.3, -0.25) is 4.79 Å². The summed E-state index contributed by atoms with van der Waals surface area (Å²) < 4.78 is 23.6. The molecule has 0 atom stereocenters. The third kappa shape index (κ3) is 3.96. The lowest BCUT2D eigenvalue weighted by Gasteiger charge is -2.11. The number of hydrogen-bond donors (Lipinski definition) is 0. The minimum atomic E-state index is -0.897. The number of carbonyl (C=O) groups excluding carboxylic acids is 2. The smallest absolute Gasteiger partial charge is 0.345 e. The number of halogens is 3. The van der Waals surface area contributed by atoms with Gasteiger partial charge in [0.2, 0.25) is 5.78 Å². The van der Waals surface area contributed by atoms with Crippen molar-refractivity contribution in [1.29, 1.82) is 0 Å². The van der Waals surface area contributed by atoms with Crippen LogP contribution < -0.4 is 0 Å². The van der Waals surface area contributed by atoms with Crippen molar-refractivity contribution in [1.82, 2.24) is 4.98 Å². The summed E-state index contributed by atoms with van der Waals surface area (Å²) in [5.74, 6) is -2.63. The largest absolute Gasteiger partial charge is 0.500 e. The number of ketones is 1. The number of rotatable bonds is 6. The van der Waals surface area contributed by atoms with E-state index in [1.807, 2.05) is 0 Å². The zero-order chi connectivity index (χ0) is 16.9. The van der Waals surface area contributed by atoms with E-state index in [1.54, 1.807) is 13.8 Å². The maximum atomic E-state index is 13.8. The van der Waals surface area contributed by atoms with Crippen molar-refractivity contribution in [2.24, 2.45) is 0 Å². The van der Waals surface area contributed by atoms with Gasteiger partial charge in [0.1, 0.15) is 17.0 Å². The van der Waals surface area contributed by atoms with Crippen molar-refractivity contribution >= 4 is 35.0 Å². The number of pyridine rings is 1. The van der Waals surface area contributed by atoms with Crippen molar-refractivity contribution in [3.8, 4) is 0 Å². The Morgan fingerprint density at radius 1 is 1.23 bits per heavy atom. The fraction of sp³-hybridized carbons (Fsp3) is 0.357. The number of hydrogen-bond acceptors (Lipinski definition) is 5. The molecule has 0 radical (unpaired) electrons. The van der Waals surface area contributed by atoms with E-state index in [-0.39, 0.29) is 29.5 Å². The fourth-order valence-electron chi connectivity index (χ4n) is 1.58. The number of nitrogens with zero attached hydrogens (tertiary/aromatic N) is 1. The van der Waals surface area contributed by atoms with E-state index < -0.39 is 28.3 Å². The van der Waals surface area contributed by atoms with Crippen LogP contribution in [-0.2, 0) is 14.3 Å². The molecule has 0 aromatic carbocycles. The predicted molar refractivity (Wildman–Crippen MR) is 79.6 cm³/mol. The first kappa shape index (κ1) is 18.4. The van der Waals surface area contributed by atoms with E-state index in [4.69, 9.17) is 32.7 Å². The summed E-state index contributed by atoms with van der Waals surface area (Å²) in [6, 6.07) is 0. The number of esters is 1. The van der Waals surface area contributed by atoms with Crippen LogP contribution in [0, 0.1) is 12.7 Å².